The first-order valence-corrected chi connectivity index (χ1v) is 9.90. The number of H-pyrrole nitrogens is 1. The number of nitrogens with one attached hydrogen (secondary N) is 2. The van der Waals surface area contributed by atoms with Crippen molar-refractivity contribution in [2.45, 2.75) is 29.6 Å². The maximum atomic E-state index is 6.17. The molecule has 1 aromatic carbocycles. The minimum atomic E-state index is 0.454. The van der Waals surface area contributed by atoms with Crippen LogP contribution in [0.15, 0.2) is 40.8 Å². The summed E-state index contributed by atoms with van der Waals surface area (Å²) in [6.07, 6.45) is 3.80. The Hall–Kier alpha value is -2.65. The first-order valence-electron chi connectivity index (χ1n) is 9.08. The number of nitrogens with zero attached hydrogens (tertiary/aromatic N) is 5. The average Bonchev–Trinajstić information content (AvgIpc) is 3.25. The molecule has 27 heavy (non-hydrogen) atoms. The third-order valence-corrected chi connectivity index (χ3v) is 5.84. The van der Waals surface area contributed by atoms with E-state index in [4.69, 9.17) is 10.8 Å². The highest BCUT2D eigenvalue weighted by Gasteiger charge is 2.21. The molecule has 1 saturated heterocycles. The third-order valence-electron chi connectivity index (χ3n) is 4.98. The highest BCUT2D eigenvalue weighted by Crippen LogP contribution is 2.34. The van der Waals surface area contributed by atoms with Gasteiger partial charge in [0.25, 0.3) is 0 Å². The molecular formula is C18H20N8S. The normalized spacial score (nSPS) is 15.7. The molecule has 8 nitrogen and oxygen atoms in total. The number of imidazole rings is 1. The van der Waals surface area contributed by atoms with Gasteiger partial charge in [0.15, 0.2) is 10.8 Å². The number of nitrogens with two attached hydrogens (primary N) is 1. The van der Waals surface area contributed by atoms with Gasteiger partial charge in [-0.25, -0.2) is 19.6 Å². The molecule has 1 fully saturated rings. The fourth-order valence-corrected chi connectivity index (χ4v) is 4.50. The van der Waals surface area contributed by atoms with Crippen molar-refractivity contribution in [3.05, 3.63) is 30.6 Å². The Bertz CT molecular complexity index is 1060. The molecule has 0 radical (unpaired) electrons. The van der Waals surface area contributed by atoms with Crippen molar-refractivity contribution in [2.24, 2.45) is 5.92 Å². The van der Waals surface area contributed by atoms with Gasteiger partial charge in [0.1, 0.15) is 17.2 Å². The number of anilines is 1. The molecule has 1 aliphatic heterocycles. The van der Waals surface area contributed by atoms with Crippen LogP contribution in [-0.2, 0) is 6.54 Å². The Balaban J connectivity index is 1.52. The zero-order valence-corrected chi connectivity index (χ0v) is 15.5. The van der Waals surface area contributed by atoms with E-state index in [9.17, 15) is 0 Å². The maximum absolute atomic E-state index is 6.17. The Morgan fingerprint density at radius 2 is 2.04 bits per heavy atom. The molecule has 0 atom stereocenters. The molecule has 5 rings (SSSR count). The highest BCUT2D eigenvalue weighted by molar-refractivity contribution is 7.99. The summed E-state index contributed by atoms with van der Waals surface area (Å²) in [5, 5.41) is 10.6. The highest BCUT2D eigenvalue weighted by atomic mass is 32.2. The standard InChI is InChI=1S/C18H20N8S/c19-15-14-16(22-10-21-15)26(9-11-5-7-20-8-6-11)25-17(14)27-18-23-12-3-1-2-4-13(12)24-18/h1-4,10-11,20H,5-9H2,(H,23,24)(H2,19,21,22). The molecule has 0 bridgehead atoms. The van der Waals surface area contributed by atoms with E-state index in [0.29, 0.717) is 11.7 Å². The molecule has 138 valence electrons. The van der Waals surface area contributed by atoms with Gasteiger partial charge in [-0.1, -0.05) is 12.1 Å². The lowest BCUT2D eigenvalue weighted by Gasteiger charge is -2.22. The van der Waals surface area contributed by atoms with Gasteiger partial charge in [-0.15, -0.1) is 0 Å². The summed E-state index contributed by atoms with van der Waals surface area (Å²) in [5.41, 5.74) is 8.90. The van der Waals surface area contributed by atoms with E-state index in [1.165, 1.54) is 18.1 Å². The summed E-state index contributed by atoms with van der Waals surface area (Å²) in [6.45, 7) is 2.96. The van der Waals surface area contributed by atoms with Gasteiger partial charge in [-0.3, -0.25) is 0 Å². The van der Waals surface area contributed by atoms with Gasteiger partial charge in [0, 0.05) is 6.54 Å². The Morgan fingerprint density at radius 1 is 1.19 bits per heavy atom. The largest absolute Gasteiger partial charge is 0.383 e. The van der Waals surface area contributed by atoms with Crippen molar-refractivity contribution in [1.82, 2.24) is 35.0 Å². The summed E-state index contributed by atoms with van der Waals surface area (Å²) < 4.78 is 1.98. The van der Waals surface area contributed by atoms with Crippen LogP contribution in [0.2, 0.25) is 0 Å². The number of benzene rings is 1. The van der Waals surface area contributed by atoms with Crippen LogP contribution in [0.25, 0.3) is 22.1 Å². The second-order valence-corrected chi connectivity index (χ2v) is 7.78. The average molecular weight is 380 g/mol. The fourth-order valence-electron chi connectivity index (χ4n) is 3.57. The molecule has 4 heterocycles. The van der Waals surface area contributed by atoms with E-state index >= 15 is 0 Å². The Labute approximate surface area is 160 Å². The molecule has 4 N–H and O–H groups in total. The number of hydrogen-bond donors (Lipinski definition) is 3. The zero-order chi connectivity index (χ0) is 18.2. The second kappa shape index (κ2) is 6.82. The van der Waals surface area contributed by atoms with Crippen LogP contribution in [0.3, 0.4) is 0 Å². The van der Waals surface area contributed by atoms with Crippen molar-refractivity contribution in [1.29, 1.82) is 0 Å². The first kappa shape index (κ1) is 16.5. The van der Waals surface area contributed by atoms with Gasteiger partial charge in [0.05, 0.1) is 16.4 Å². The summed E-state index contributed by atoms with van der Waals surface area (Å²) in [7, 11) is 0. The third kappa shape index (κ3) is 3.13. The van der Waals surface area contributed by atoms with E-state index < -0.39 is 0 Å². The van der Waals surface area contributed by atoms with E-state index in [-0.39, 0.29) is 0 Å². The number of para-hydroxylation sites is 2. The predicted molar refractivity (Wildman–Crippen MR) is 106 cm³/mol. The Kier molecular flexibility index (Phi) is 4.17. The van der Waals surface area contributed by atoms with Crippen molar-refractivity contribution >= 4 is 39.6 Å². The maximum Gasteiger partial charge on any atom is 0.172 e. The van der Waals surface area contributed by atoms with Gasteiger partial charge in [0.2, 0.25) is 0 Å². The van der Waals surface area contributed by atoms with Gasteiger partial charge in [-0.05, 0) is 55.7 Å². The van der Waals surface area contributed by atoms with Gasteiger partial charge < -0.3 is 16.0 Å². The lowest BCUT2D eigenvalue weighted by atomic mass is 9.98. The molecule has 9 heteroatoms. The molecule has 0 spiro atoms. The van der Waals surface area contributed by atoms with Crippen LogP contribution in [0, 0.1) is 5.92 Å². The molecule has 0 amide bonds. The van der Waals surface area contributed by atoms with Crippen LogP contribution in [-0.4, -0.2) is 42.8 Å². The van der Waals surface area contributed by atoms with Crippen LogP contribution >= 0.6 is 11.8 Å². The van der Waals surface area contributed by atoms with E-state index in [1.54, 1.807) is 0 Å². The zero-order valence-electron chi connectivity index (χ0n) is 14.7. The lowest BCUT2D eigenvalue weighted by Crippen LogP contribution is -2.30. The SMILES string of the molecule is Nc1ncnc2c1c(Sc1nc3ccccc3[nH]1)nn2CC1CCNCC1. The van der Waals surface area contributed by atoms with Crippen molar-refractivity contribution in [2.75, 3.05) is 18.8 Å². The van der Waals surface area contributed by atoms with Gasteiger partial charge >= 0.3 is 0 Å². The molecule has 3 aromatic heterocycles. The van der Waals surface area contributed by atoms with Crippen LogP contribution in [0.5, 0.6) is 0 Å². The second-order valence-electron chi connectivity index (χ2n) is 6.80. The molecular weight excluding hydrogens is 360 g/mol. The molecule has 0 aliphatic carbocycles. The molecule has 1 aliphatic rings. The number of piperidine rings is 1. The monoisotopic (exact) mass is 380 g/mol. The number of rotatable bonds is 4. The van der Waals surface area contributed by atoms with Crippen LogP contribution < -0.4 is 11.1 Å². The van der Waals surface area contributed by atoms with E-state index in [0.717, 1.165) is 64.7 Å². The topological polar surface area (TPSA) is 110 Å². The van der Waals surface area contributed by atoms with E-state index in [2.05, 4.69) is 25.3 Å². The van der Waals surface area contributed by atoms with Crippen molar-refractivity contribution in [3.8, 4) is 0 Å². The van der Waals surface area contributed by atoms with E-state index in [1.807, 2.05) is 28.9 Å². The number of fused-ring (bicyclic) bond motifs is 2. The first-order chi connectivity index (χ1) is 13.3. The summed E-state index contributed by atoms with van der Waals surface area (Å²) in [4.78, 5) is 16.6. The molecule has 0 saturated carbocycles. The molecule has 4 aromatic rings. The smallest absolute Gasteiger partial charge is 0.172 e. The summed E-state index contributed by atoms with van der Waals surface area (Å²) >= 11 is 1.47. The quantitative estimate of drug-likeness (QED) is 0.499. The lowest BCUT2D eigenvalue weighted by molar-refractivity contribution is 0.323. The summed E-state index contributed by atoms with van der Waals surface area (Å²) in [6, 6.07) is 7.97. The van der Waals surface area contributed by atoms with Gasteiger partial charge in [-0.2, -0.15) is 5.10 Å². The minimum Gasteiger partial charge on any atom is -0.383 e. The number of nitrogen functional groups attached to an aromatic ring is 1. The fraction of sp³-hybridized carbons (Fsp3) is 0.333. The number of aromatic amines is 1. The molecule has 0 unspecified atom stereocenters. The van der Waals surface area contributed by atoms with Crippen molar-refractivity contribution in [3.63, 3.8) is 0 Å². The minimum absolute atomic E-state index is 0.454. The van der Waals surface area contributed by atoms with Crippen LogP contribution in [0.1, 0.15) is 12.8 Å². The predicted octanol–water partition coefficient (Wildman–Crippen LogP) is 2.44. The Morgan fingerprint density at radius 3 is 2.89 bits per heavy atom. The van der Waals surface area contributed by atoms with Crippen LogP contribution in [0.4, 0.5) is 5.82 Å². The summed E-state index contributed by atoms with van der Waals surface area (Å²) in [5.74, 6) is 1.05. The number of aromatic nitrogens is 6. The van der Waals surface area contributed by atoms with Crippen molar-refractivity contribution < 1.29 is 0 Å². The number of hydrogen-bond acceptors (Lipinski definition) is 7.